The van der Waals surface area contributed by atoms with E-state index in [1.165, 1.54) is 25.3 Å². The number of aromatic nitrogens is 1. The molecule has 7 nitrogen and oxygen atoms in total. The van der Waals surface area contributed by atoms with Crippen molar-refractivity contribution in [3.05, 3.63) is 47.7 Å². The first-order valence-electron chi connectivity index (χ1n) is 7.92. The van der Waals surface area contributed by atoms with Crippen LogP contribution in [0.3, 0.4) is 0 Å². The Morgan fingerprint density at radius 1 is 1.24 bits per heavy atom. The number of benzene rings is 1. The molecule has 1 aliphatic rings. The van der Waals surface area contributed by atoms with Gasteiger partial charge in [-0.3, -0.25) is 4.79 Å². The second kappa shape index (κ2) is 6.80. The molecule has 1 aromatic carbocycles. The van der Waals surface area contributed by atoms with Gasteiger partial charge in [0.05, 0.1) is 12.8 Å². The Labute approximate surface area is 145 Å². The van der Waals surface area contributed by atoms with Crippen molar-refractivity contribution in [3.8, 4) is 5.75 Å². The third-order valence-electron chi connectivity index (χ3n) is 4.22. The van der Waals surface area contributed by atoms with Gasteiger partial charge < -0.3 is 19.6 Å². The molecule has 0 bridgehead atoms. The van der Waals surface area contributed by atoms with Gasteiger partial charge in [-0.2, -0.15) is 0 Å². The lowest BCUT2D eigenvalue weighted by molar-refractivity contribution is 0.0692. The quantitative estimate of drug-likeness (QED) is 0.922. The van der Waals surface area contributed by atoms with Crippen molar-refractivity contribution in [2.45, 2.75) is 6.42 Å². The predicted octanol–water partition coefficient (Wildman–Crippen LogP) is 2.28. The molecule has 25 heavy (non-hydrogen) atoms. The number of carbonyl (C=O) groups is 2. The standard InChI is InChI=1S/C18H19N3O4/c1-20-9-4-10-21(14-5-3-8-19-16(14)20)17(22)12-6-7-13(18(23)24)15(11-12)25-2/h3,5-8,11H,4,9-10H2,1-2H3,(H,23,24). The molecule has 1 aromatic heterocycles. The minimum absolute atomic E-state index is 0.0247. The van der Waals surface area contributed by atoms with Crippen molar-refractivity contribution in [1.29, 1.82) is 0 Å². The molecule has 130 valence electrons. The fourth-order valence-corrected chi connectivity index (χ4v) is 2.95. The summed E-state index contributed by atoms with van der Waals surface area (Å²) in [5, 5.41) is 9.18. The van der Waals surface area contributed by atoms with Crippen molar-refractivity contribution in [2.24, 2.45) is 0 Å². The second-order valence-corrected chi connectivity index (χ2v) is 5.80. The fraction of sp³-hybridized carbons (Fsp3) is 0.278. The van der Waals surface area contributed by atoms with E-state index in [4.69, 9.17) is 4.74 Å². The fourth-order valence-electron chi connectivity index (χ4n) is 2.95. The molecule has 1 aliphatic heterocycles. The zero-order valence-electron chi connectivity index (χ0n) is 14.1. The molecule has 0 aliphatic carbocycles. The largest absolute Gasteiger partial charge is 0.496 e. The van der Waals surface area contributed by atoms with Gasteiger partial charge in [-0.05, 0) is 36.8 Å². The predicted molar refractivity (Wildman–Crippen MR) is 93.8 cm³/mol. The van der Waals surface area contributed by atoms with Gasteiger partial charge in [0.2, 0.25) is 0 Å². The van der Waals surface area contributed by atoms with E-state index in [1.807, 2.05) is 18.0 Å². The van der Waals surface area contributed by atoms with Crippen molar-refractivity contribution in [1.82, 2.24) is 4.98 Å². The van der Waals surface area contributed by atoms with E-state index in [1.54, 1.807) is 17.2 Å². The zero-order valence-corrected chi connectivity index (χ0v) is 14.1. The lowest BCUT2D eigenvalue weighted by Gasteiger charge is -2.23. The molecule has 1 N–H and O–H groups in total. The number of hydrogen-bond acceptors (Lipinski definition) is 5. The summed E-state index contributed by atoms with van der Waals surface area (Å²) in [6, 6.07) is 8.04. The topological polar surface area (TPSA) is 83.0 Å². The number of methoxy groups -OCH3 is 1. The van der Waals surface area contributed by atoms with Crippen LogP contribution in [0.1, 0.15) is 27.1 Å². The molecular weight excluding hydrogens is 322 g/mol. The molecule has 0 saturated heterocycles. The van der Waals surface area contributed by atoms with Gasteiger partial charge in [-0.1, -0.05) is 0 Å². The highest BCUT2D eigenvalue weighted by atomic mass is 16.5. The summed E-state index contributed by atoms with van der Waals surface area (Å²) < 4.78 is 5.12. The van der Waals surface area contributed by atoms with Gasteiger partial charge in [0.1, 0.15) is 11.3 Å². The monoisotopic (exact) mass is 341 g/mol. The van der Waals surface area contributed by atoms with E-state index in [9.17, 15) is 14.7 Å². The van der Waals surface area contributed by atoms with E-state index in [-0.39, 0.29) is 17.2 Å². The van der Waals surface area contributed by atoms with Crippen LogP contribution in [0.15, 0.2) is 36.5 Å². The van der Waals surface area contributed by atoms with Gasteiger partial charge in [0.25, 0.3) is 5.91 Å². The van der Waals surface area contributed by atoms with Crippen LogP contribution in [0.4, 0.5) is 11.5 Å². The Hall–Kier alpha value is -3.09. The maximum atomic E-state index is 13.0. The van der Waals surface area contributed by atoms with Crippen LogP contribution in [-0.4, -0.2) is 49.2 Å². The number of rotatable bonds is 3. The van der Waals surface area contributed by atoms with Crippen molar-refractivity contribution < 1.29 is 19.4 Å². The summed E-state index contributed by atoms with van der Waals surface area (Å²) in [7, 11) is 3.33. The average Bonchev–Trinajstić information content (AvgIpc) is 2.80. The van der Waals surface area contributed by atoms with Crippen LogP contribution in [0.25, 0.3) is 0 Å². The Balaban J connectivity index is 2.01. The summed E-state index contributed by atoms with van der Waals surface area (Å²) in [5.74, 6) is -0.388. The molecule has 0 unspecified atom stereocenters. The smallest absolute Gasteiger partial charge is 0.339 e. The van der Waals surface area contributed by atoms with Crippen molar-refractivity contribution in [2.75, 3.05) is 37.0 Å². The molecule has 2 aromatic rings. The van der Waals surface area contributed by atoms with E-state index in [2.05, 4.69) is 4.98 Å². The molecule has 0 saturated carbocycles. The molecule has 2 heterocycles. The van der Waals surface area contributed by atoms with E-state index in [0.717, 1.165) is 24.5 Å². The number of ether oxygens (including phenoxy) is 1. The molecule has 1 amide bonds. The summed E-state index contributed by atoms with van der Waals surface area (Å²) in [5.41, 5.74) is 1.15. The third kappa shape index (κ3) is 3.13. The highest BCUT2D eigenvalue weighted by Crippen LogP contribution is 2.31. The molecule has 0 atom stereocenters. The van der Waals surface area contributed by atoms with E-state index >= 15 is 0 Å². The van der Waals surface area contributed by atoms with Gasteiger partial charge in [-0.15, -0.1) is 0 Å². The maximum Gasteiger partial charge on any atom is 0.339 e. The number of aromatic carboxylic acids is 1. The SMILES string of the molecule is COc1cc(C(=O)N2CCCN(C)c3ncccc32)ccc1C(=O)O. The van der Waals surface area contributed by atoms with Crippen LogP contribution in [0.5, 0.6) is 5.75 Å². The number of fused-ring (bicyclic) bond motifs is 1. The minimum Gasteiger partial charge on any atom is -0.496 e. The maximum absolute atomic E-state index is 13.0. The molecular formula is C18H19N3O4. The molecule has 7 heteroatoms. The first-order chi connectivity index (χ1) is 12.0. The first kappa shape index (κ1) is 16.8. The number of amides is 1. The summed E-state index contributed by atoms with van der Waals surface area (Å²) in [4.78, 5) is 32.4. The summed E-state index contributed by atoms with van der Waals surface area (Å²) in [6.07, 6.45) is 2.51. The van der Waals surface area contributed by atoms with Gasteiger partial charge in [-0.25, -0.2) is 9.78 Å². The first-order valence-corrected chi connectivity index (χ1v) is 7.92. The van der Waals surface area contributed by atoms with Crippen LogP contribution < -0.4 is 14.5 Å². The number of carbonyl (C=O) groups excluding carboxylic acids is 1. The Morgan fingerprint density at radius 2 is 2.04 bits per heavy atom. The molecule has 0 spiro atoms. The van der Waals surface area contributed by atoms with Crippen molar-refractivity contribution >= 4 is 23.4 Å². The Bertz CT molecular complexity index is 822. The minimum atomic E-state index is -1.10. The van der Waals surface area contributed by atoms with Gasteiger partial charge in [0.15, 0.2) is 5.82 Å². The lowest BCUT2D eigenvalue weighted by Crippen LogP contribution is -2.31. The molecule has 0 radical (unpaired) electrons. The normalized spacial score (nSPS) is 13.8. The van der Waals surface area contributed by atoms with Crippen LogP contribution in [-0.2, 0) is 0 Å². The second-order valence-electron chi connectivity index (χ2n) is 5.80. The number of carboxylic acids is 1. The van der Waals surface area contributed by atoms with Crippen molar-refractivity contribution in [3.63, 3.8) is 0 Å². The highest BCUT2D eigenvalue weighted by molar-refractivity contribution is 6.08. The lowest BCUT2D eigenvalue weighted by atomic mass is 10.1. The van der Waals surface area contributed by atoms with Crippen LogP contribution in [0.2, 0.25) is 0 Å². The summed E-state index contributed by atoms with van der Waals surface area (Å²) >= 11 is 0. The Kier molecular flexibility index (Phi) is 4.56. The summed E-state index contributed by atoms with van der Waals surface area (Å²) in [6.45, 7) is 1.36. The van der Waals surface area contributed by atoms with Crippen LogP contribution in [0, 0.1) is 0 Å². The van der Waals surface area contributed by atoms with Crippen LogP contribution >= 0.6 is 0 Å². The average molecular weight is 341 g/mol. The molecule has 3 rings (SSSR count). The van der Waals surface area contributed by atoms with Gasteiger partial charge in [0, 0.05) is 31.9 Å². The third-order valence-corrected chi connectivity index (χ3v) is 4.22. The van der Waals surface area contributed by atoms with E-state index in [0.29, 0.717) is 12.1 Å². The number of anilines is 2. The highest BCUT2D eigenvalue weighted by Gasteiger charge is 2.26. The molecule has 0 fully saturated rings. The Morgan fingerprint density at radius 3 is 2.76 bits per heavy atom. The number of hydrogen-bond donors (Lipinski definition) is 1. The number of nitrogens with zero attached hydrogens (tertiary/aromatic N) is 3. The van der Waals surface area contributed by atoms with Gasteiger partial charge >= 0.3 is 5.97 Å². The number of pyridine rings is 1. The number of carboxylic acid groups (broad SMARTS) is 1. The zero-order chi connectivity index (χ0) is 18.0. The van der Waals surface area contributed by atoms with E-state index < -0.39 is 5.97 Å².